The summed E-state index contributed by atoms with van der Waals surface area (Å²) in [6, 6.07) is 10.3. The number of benzene rings is 1. The zero-order valence-corrected chi connectivity index (χ0v) is 9.45. The summed E-state index contributed by atoms with van der Waals surface area (Å²) in [5.41, 5.74) is 0.729. The summed E-state index contributed by atoms with van der Waals surface area (Å²) in [7, 11) is 0. The van der Waals surface area contributed by atoms with Gasteiger partial charge in [0.25, 0.3) is 0 Å². The number of hydrogen-bond donors (Lipinski definition) is 1. The van der Waals surface area contributed by atoms with E-state index in [1.807, 2.05) is 25.1 Å². The fourth-order valence-electron chi connectivity index (χ4n) is 2.70. The Morgan fingerprint density at radius 1 is 1.20 bits per heavy atom. The third-order valence-electron chi connectivity index (χ3n) is 3.64. The molecule has 1 fully saturated rings. The van der Waals surface area contributed by atoms with Gasteiger partial charge in [0.05, 0.1) is 5.60 Å². The van der Waals surface area contributed by atoms with Gasteiger partial charge in [0.1, 0.15) is 0 Å². The molecule has 1 nitrogen and oxygen atoms in total. The maximum Gasteiger partial charge on any atom is 0.0687 e. The van der Waals surface area contributed by atoms with Crippen molar-refractivity contribution in [3.63, 3.8) is 0 Å². The standard InChI is InChI=1S/C14H20O/c1-14(15,13-9-5-6-10-13)11-12-7-3-2-4-8-12/h2-4,7-8,13,15H,5-6,9-11H2,1H3/t14-/m0/s1. The first-order valence-corrected chi connectivity index (χ1v) is 5.95. The molecule has 0 spiro atoms. The van der Waals surface area contributed by atoms with Crippen LogP contribution in [0.15, 0.2) is 30.3 Å². The molecule has 0 aliphatic heterocycles. The average Bonchev–Trinajstić information content (AvgIpc) is 2.71. The molecule has 0 heterocycles. The molecule has 82 valence electrons. The predicted molar refractivity (Wildman–Crippen MR) is 62.7 cm³/mol. The van der Waals surface area contributed by atoms with E-state index in [2.05, 4.69) is 12.1 Å². The van der Waals surface area contributed by atoms with Gasteiger partial charge in [0, 0.05) is 6.42 Å². The Hall–Kier alpha value is -0.820. The third kappa shape index (κ3) is 2.60. The Labute approximate surface area is 92.1 Å². The lowest BCUT2D eigenvalue weighted by molar-refractivity contribution is 0.00193. The van der Waals surface area contributed by atoms with Gasteiger partial charge in [-0.25, -0.2) is 0 Å². The molecular weight excluding hydrogens is 184 g/mol. The van der Waals surface area contributed by atoms with E-state index in [1.54, 1.807) is 0 Å². The zero-order valence-electron chi connectivity index (χ0n) is 9.45. The molecule has 1 heteroatoms. The first-order valence-electron chi connectivity index (χ1n) is 5.95. The van der Waals surface area contributed by atoms with E-state index in [0.29, 0.717) is 5.92 Å². The minimum Gasteiger partial charge on any atom is -0.390 e. The maximum atomic E-state index is 10.5. The highest BCUT2D eigenvalue weighted by Crippen LogP contribution is 2.35. The molecule has 1 aliphatic rings. The highest BCUT2D eigenvalue weighted by molar-refractivity contribution is 5.17. The van der Waals surface area contributed by atoms with Crippen molar-refractivity contribution in [1.82, 2.24) is 0 Å². The van der Waals surface area contributed by atoms with E-state index in [-0.39, 0.29) is 0 Å². The van der Waals surface area contributed by atoms with Gasteiger partial charge in [0.15, 0.2) is 0 Å². The minimum atomic E-state index is -0.516. The molecule has 0 bridgehead atoms. The van der Waals surface area contributed by atoms with Gasteiger partial charge < -0.3 is 5.11 Å². The van der Waals surface area contributed by atoms with Crippen LogP contribution in [0.3, 0.4) is 0 Å². The number of hydrogen-bond acceptors (Lipinski definition) is 1. The molecule has 1 N–H and O–H groups in total. The van der Waals surface area contributed by atoms with Crippen molar-refractivity contribution in [3.8, 4) is 0 Å². The van der Waals surface area contributed by atoms with Crippen molar-refractivity contribution in [1.29, 1.82) is 0 Å². The Bertz CT molecular complexity index is 296. The average molecular weight is 204 g/mol. The smallest absolute Gasteiger partial charge is 0.0687 e. The molecular formula is C14H20O. The van der Waals surface area contributed by atoms with Gasteiger partial charge in [-0.1, -0.05) is 43.2 Å². The summed E-state index contributed by atoms with van der Waals surface area (Å²) in [5, 5.41) is 10.5. The van der Waals surface area contributed by atoms with Gasteiger partial charge >= 0.3 is 0 Å². The molecule has 1 aromatic rings. The van der Waals surface area contributed by atoms with Crippen molar-refractivity contribution in [2.24, 2.45) is 5.92 Å². The Morgan fingerprint density at radius 2 is 1.80 bits per heavy atom. The molecule has 0 unspecified atom stereocenters. The largest absolute Gasteiger partial charge is 0.390 e. The lowest BCUT2D eigenvalue weighted by Gasteiger charge is -2.30. The monoisotopic (exact) mass is 204 g/mol. The van der Waals surface area contributed by atoms with Crippen LogP contribution in [0.25, 0.3) is 0 Å². The summed E-state index contributed by atoms with van der Waals surface area (Å²) in [6.45, 7) is 2.00. The SMILES string of the molecule is C[C@](O)(Cc1ccccc1)C1CCCC1. The molecule has 1 aromatic carbocycles. The first kappa shape index (κ1) is 10.7. The molecule has 0 aromatic heterocycles. The van der Waals surface area contributed by atoms with Crippen molar-refractivity contribution < 1.29 is 5.11 Å². The fraction of sp³-hybridized carbons (Fsp3) is 0.571. The molecule has 15 heavy (non-hydrogen) atoms. The van der Waals surface area contributed by atoms with Gasteiger partial charge in [0.2, 0.25) is 0 Å². The molecule has 1 aliphatic carbocycles. The van der Waals surface area contributed by atoms with Crippen molar-refractivity contribution in [3.05, 3.63) is 35.9 Å². The van der Waals surface area contributed by atoms with Gasteiger partial charge in [-0.3, -0.25) is 0 Å². The van der Waals surface area contributed by atoms with Crippen LogP contribution in [-0.4, -0.2) is 10.7 Å². The Balaban J connectivity index is 2.03. The van der Waals surface area contributed by atoms with E-state index < -0.39 is 5.60 Å². The van der Waals surface area contributed by atoms with Crippen LogP contribution in [-0.2, 0) is 6.42 Å². The summed E-state index contributed by atoms with van der Waals surface area (Å²) >= 11 is 0. The van der Waals surface area contributed by atoms with Gasteiger partial charge in [-0.05, 0) is 31.2 Å². The second kappa shape index (κ2) is 4.36. The summed E-state index contributed by atoms with van der Waals surface area (Å²) in [4.78, 5) is 0. The fourth-order valence-corrected chi connectivity index (χ4v) is 2.70. The summed E-state index contributed by atoms with van der Waals surface area (Å²) in [5.74, 6) is 0.498. The second-order valence-corrected chi connectivity index (χ2v) is 5.00. The van der Waals surface area contributed by atoms with E-state index in [4.69, 9.17) is 0 Å². The van der Waals surface area contributed by atoms with Crippen molar-refractivity contribution >= 4 is 0 Å². The van der Waals surface area contributed by atoms with Crippen molar-refractivity contribution in [2.45, 2.75) is 44.6 Å². The van der Waals surface area contributed by atoms with E-state index in [0.717, 1.165) is 6.42 Å². The highest BCUT2D eigenvalue weighted by Gasteiger charge is 2.33. The van der Waals surface area contributed by atoms with Crippen LogP contribution in [0.1, 0.15) is 38.2 Å². The maximum absolute atomic E-state index is 10.5. The summed E-state index contributed by atoms with van der Waals surface area (Å²) in [6.07, 6.45) is 5.75. The van der Waals surface area contributed by atoms with Crippen LogP contribution in [0, 0.1) is 5.92 Å². The van der Waals surface area contributed by atoms with Gasteiger partial charge in [-0.15, -0.1) is 0 Å². The molecule has 0 radical (unpaired) electrons. The van der Waals surface area contributed by atoms with Crippen LogP contribution in [0.4, 0.5) is 0 Å². The van der Waals surface area contributed by atoms with Crippen LogP contribution >= 0.6 is 0 Å². The Morgan fingerprint density at radius 3 is 2.40 bits per heavy atom. The number of aliphatic hydroxyl groups is 1. The molecule has 0 saturated heterocycles. The normalized spacial score (nSPS) is 21.5. The van der Waals surface area contributed by atoms with E-state index in [9.17, 15) is 5.11 Å². The molecule has 0 amide bonds. The van der Waals surface area contributed by atoms with Crippen LogP contribution < -0.4 is 0 Å². The lowest BCUT2D eigenvalue weighted by Crippen LogP contribution is -2.35. The van der Waals surface area contributed by atoms with E-state index in [1.165, 1.54) is 31.2 Å². The predicted octanol–water partition coefficient (Wildman–Crippen LogP) is 3.17. The third-order valence-corrected chi connectivity index (χ3v) is 3.64. The van der Waals surface area contributed by atoms with Crippen molar-refractivity contribution in [2.75, 3.05) is 0 Å². The van der Waals surface area contributed by atoms with E-state index >= 15 is 0 Å². The van der Waals surface area contributed by atoms with Crippen LogP contribution in [0.5, 0.6) is 0 Å². The highest BCUT2D eigenvalue weighted by atomic mass is 16.3. The number of rotatable bonds is 3. The zero-order chi connectivity index (χ0) is 10.7. The quantitative estimate of drug-likeness (QED) is 0.801. The lowest BCUT2D eigenvalue weighted by atomic mass is 9.83. The second-order valence-electron chi connectivity index (χ2n) is 5.00. The minimum absolute atomic E-state index is 0.498. The molecule has 2 rings (SSSR count). The van der Waals surface area contributed by atoms with Gasteiger partial charge in [-0.2, -0.15) is 0 Å². The molecule has 1 saturated carbocycles. The summed E-state index contributed by atoms with van der Waals surface area (Å²) < 4.78 is 0. The molecule has 1 atom stereocenters. The topological polar surface area (TPSA) is 20.2 Å². The van der Waals surface area contributed by atoms with Crippen LogP contribution in [0.2, 0.25) is 0 Å². The first-order chi connectivity index (χ1) is 7.18. The Kier molecular flexibility index (Phi) is 3.11.